The van der Waals surface area contributed by atoms with Crippen LogP contribution >= 0.6 is 0 Å². The predicted molar refractivity (Wildman–Crippen MR) is 120 cm³/mol. The Kier molecular flexibility index (Phi) is 6.18. The Labute approximate surface area is 190 Å². The van der Waals surface area contributed by atoms with Gasteiger partial charge in [-0.25, -0.2) is 17.5 Å². The van der Waals surface area contributed by atoms with Crippen LogP contribution in [-0.4, -0.2) is 39.6 Å². The van der Waals surface area contributed by atoms with Crippen molar-refractivity contribution in [1.82, 2.24) is 10.0 Å². The molecule has 1 aromatic rings. The summed E-state index contributed by atoms with van der Waals surface area (Å²) in [6.07, 6.45) is 3.61. The van der Waals surface area contributed by atoms with Crippen LogP contribution in [0.3, 0.4) is 0 Å². The Morgan fingerprint density at radius 1 is 1.25 bits per heavy atom. The van der Waals surface area contributed by atoms with E-state index in [2.05, 4.69) is 23.9 Å². The van der Waals surface area contributed by atoms with E-state index in [9.17, 15) is 17.6 Å². The molecule has 1 saturated heterocycles. The molecule has 0 radical (unpaired) electrons. The molecule has 178 valence electrons. The van der Waals surface area contributed by atoms with E-state index < -0.39 is 15.8 Å². The first-order chi connectivity index (χ1) is 15.0. The van der Waals surface area contributed by atoms with Crippen molar-refractivity contribution in [3.05, 3.63) is 30.1 Å². The molecule has 2 bridgehead atoms. The van der Waals surface area contributed by atoms with E-state index in [1.54, 1.807) is 0 Å². The number of amides is 1. The van der Waals surface area contributed by atoms with Crippen LogP contribution in [0.15, 0.2) is 29.2 Å². The fourth-order valence-electron chi connectivity index (χ4n) is 6.54. The molecule has 1 aliphatic heterocycles. The molecule has 3 fully saturated rings. The van der Waals surface area contributed by atoms with Crippen LogP contribution < -0.4 is 10.0 Å². The lowest BCUT2D eigenvalue weighted by Crippen LogP contribution is -2.60. The maximum atomic E-state index is 13.1. The zero-order chi connectivity index (χ0) is 23.3. The molecule has 1 unspecified atom stereocenters. The molecule has 1 amide bonds. The summed E-state index contributed by atoms with van der Waals surface area (Å²) in [5.41, 5.74) is 0.0462. The van der Waals surface area contributed by atoms with Gasteiger partial charge in [0.05, 0.1) is 11.0 Å². The maximum absolute atomic E-state index is 13.1. The van der Waals surface area contributed by atoms with Crippen LogP contribution in [-0.2, 0) is 19.6 Å². The molecule has 8 heteroatoms. The van der Waals surface area contributed by atoms with E-state index in [0.29, 0.717) is 24.9 Å². The van der Waals surface area contributed by atoms with Gasteiger partial charge in [0.2, 0.25) is 15.9 Å². The standard InChI is InChI=1S/C24H35FN2O4S/c1-15(2)21(28)27-22-23(3,4)16-13-19-20(31-12-10-24(19,22)14-16)9-11-26-32(29,30)18-7-5-17(25)6-8-18/h5-8,15-16,19-20,22,26H,9-14H2,1-4H3,(H,27,28)/t16-,19-,20-,22+,24?/m1/s1. The smallest absolute Gasteiger partial charge is 0.240 e. The second-order valence-electron chi connectivity index (χ2n) is 10.7. The van der Waals surface area contributed by atoms with Crippen molar-refractivity contribution in [3.8, 4) is 0 Å². The SMILES string of the molecule is CC(C)C(=O)N[C@H]1C(C)(C)[C@@H]2C[C@@H]3[C@@H](CCNS(=O)(=O)c4ccc(F)cc4)OCCC31C2. The number of carbonyl (C=O) groups is 1. The summed E-state index contributed by atoms with van der Waals surface area (Å²) in [6.45, 7) is 9.27. The molecule has 4 rings (SSSR count). The topological polar surface area (TPSA) is 84.5 Å². The fourth-order valence-corrected chi connectivity index (χ4v) is 7.58. The maximum Gasteiger partial charge on any atom is 0.240 e. The zero-order valence-corrected chi connectivity index (χ0v) is 20.2. The largest absolute Gasteiger partial charge is 0.378 e. The number of benzene rings is 1. The average molecular weight is 467 g/mol. The van der Waals surface area contributed by atoms with E-state index in [1.807, 2.05) is 13.8 Å². The highest BCUT2D eigenvalue weighted by molar-refractivity contribution is 7.89. The third-order valence-electron chi connectivity index (χ3n) is 8.28. The van der Waals surface area contributed by atoms with Crippen LogP contribution in [0.2, 0.25) is 0 Å². The molecule has 1 aromatic carbocycles. The molecule has 6 nitrogen and oxygen atoms in total. The summed E-state index contributed by atoms with van der Waals surface area (Å²) in [4.78, 5) is 12.7. The fraction of sp³-hybridized carbons (Fsp3) is 0.708. The predicted octanol–water partition coefficient (Wildman–Crippen LogP) is 3.48. The quantitative estimate of drug-likeness (QED) is 0.644. The second kappa shape index (κ2) is 8.37. The van der Waals surface area contributed by atoms with Crippen molar-refractivity contribution in [2.24, 2.45) is 28.6 Å². The van der Waals surface area contributed by atoms with Crippen molar-refractivity contribution < 1.29 is 22.3 Å². The third-order valence-corrected chi connectivity index (χ3v) is 9.76. The number of hydrogen-bond donors (Lipinski definition) is 2. The van der Waals surface area contributed by atoms with Gasteiger partial charge in [-0.3, -0.25) is 4.79 Å². The zero-order valence-electron chi connectivity index (χ0n) is 19.4. The van der Waals surface area contributed by atoms with Crippen LogP contribution in [0.5, 0.6) is 0 Å². The minimum atomic E-state index is -3.70. The molecular formula is C24H35FN2O4S. The van der Waals surface area contributed by atoms with Gasteiger partial charge in [0.25, 0.3) is 0 Å². The average Bonchev–Trinajstić information content (AvgIpc) is 3.21. The van der Waals surface area contributed by atoms with Crippen molar-refractivity contribution >= 4 is 15.9 Å². The van der Waals surface area contributed by atoms with Gasteiger partial charge in [0.1, 0.15) is 5.82 Å². The van der Waals surface area contributed by atoms with Gasteiger partial charge in [-0.1, -0.05) is 27.7 Å². The van der Waals surface area contributed by atoms with Crippen molar-refractivity contribution in [1.29, 1.82) is 0 Å². The molecular weight excluding hydrogens is 431 g/mol. The molecule has 1 spiro atoms. The minimum Gasteiger partial charge on any atom is -0.378 e. The Bertz CT molecular complexity index is 963. The van der Waals surface area contributed by atoms with Gasteiger partial charge >= 0.3 is 0 Å². The number of rotatable bonds is 7. The van der Waals surface area contributed by atoms with Crippen LogP contribution in [0.1, 0.15) is 53.4 Å². The summed E-state index contributed by atoms with van der Waals surface area (Å²) in [5.74, 6) is 0.394. The van der Waals surface area contributed by atoms with E-state index >= 15 is 0 Å². The third kappa shape index (κ3) is 3.99. The van der Waals surface area contributed by atoms with Gasteiger partial charge in [-0.15, -0.1) is 0 Å². The van der Waals surface area contributed by atoms with Gasteiger partial charge in [0, 0.05) is 25.1 Å². The van der Waals surface area contributed by atoms with Crippen molar-refractivity contribution in [2.75, 3.05) is 13.2 Å². The van der Waals surface area contributed by atoms with Crippen LogP contribution in [0.25, 0.3) is 0 Å². The van der Waals surface area contributed by atoms with Crippen LogP contribution in [0.4, 0.5) is 4.39 Å². The number of nitrogens with one attached hydrogen (secondary N) is 2. The van der Waals surface area contributed by atoms with E-state index in [1.165, 1.54) is 12.1 Å². The van der Waals surface area contributed by atoms with E-state index in [-0.39, 0.29) is 46.2 Å². The molecule has 2 saturated carbocycles. The summed E-state index contributed by atoms with van der Waals surface area (Å²) >= 11 is 0. The molecule has 2 aliphatic carbocycles. The van der Waals surface area contributed by atoms with Gasteiger partial charge < -0.3 is 10.1 Å². The van der Waals surface area contributed by atoms with Crippen molar-refractivity contribution in [2.45, 2.75) is 70.4 Å². The second-order valence-corrected chi connectivity index (χ2v) is 12.5. The first-order valence-corrected chi connectivity index (χ1v) is 13.1. The molecule has 3 aliphatic rings. The Morgan fingerprint density at radius 3 is 2.59 bits per heavy atom. The summed E-state index contributed by atoms with van der Waals surface area (Å²) in [6, 6.07) is 4.93. The Hall–Kier alpha value is -1.51. The normalized spacial score (nSPS) is 33.3. The number of fused-ring (bicyclic) bond motifs is 1. The highest BCUT2D eigenvalue weighted by Crippen LogP contribution is 2.68. The Morgan fingerprint density at radius 2 is 1.94 bits per heavy atom. The minimum absolute atomic E-state index is 0.0114. The monoisotopic (exact) mass is 466 g/mol. The highest BCUT2D eigenvalue weighted by atomic mass is 32.2. The summed E-state index contributed by atoms with van der Waals surface area (Å²) in [7, 11) is -3.70. The van der Waals surface area contributed by atoms with Gasteiger partial charge in [-0.2, -0.15) is 0 Å². The molecule has 0 aromatic heterocycles. The number of carbonyl (C=O) groups excluding carboxylic acids is 1. The molecule has 5 atom stereocenters. The van der Waals surface area contributed by atoms with Gasteiger partial charge in [-0.05, 0) is 72.6 Å². The van der Waals surface area contributed by atoms with E-state index in [4.69, 9.17) is 4.74 Å². The lowest BCUT2D eigenvalue weighted by Gasteiger charge is -2.53. The molecule has 1 heterocycles. The van der Waals surface area contributed by atoms with Crippen molar-refractivity contribution in [3.63, 3.8) is 0 Å². The van der Waals surface area contributed by atoms with Crippen LogP contribution in [0, 0.1) is 34.4 Å². The van der Waals surface area contributed by atoms with E-state index in [0.717, 1.165) is 31.4 Å². The first-order valence-electron chi connectivity index (χ1n) is 11.6. The summed E-state index contributed by atoms with van der Waals surface area (Å²) in [5, 5.41) is 3.38. The number of halogens is 1. The lowest BCUT2D eigenvalue weighted by molar-refractivity contribution is -0.138. The summed E-state index contributed by atoms with van der Waals surface area (Å²) < 4.78 is 47.0. The number of ether oxygens (including phenoxy) is 1. The number of hydrogen-bond acceptors (Lipinski definition) is 4. The lowest BCUT2D eigenvalue weighted by atomic mass is 9.59. The molecule has 32 heavy (non-hydrogen) atoms. The Balaban J connectivity index is 1.45. The molecule has 2 N–H and O–H groups in total. The first kappa shape index (κ1) is 23.6. The number of sulfonamides is 1. The highest BCUT2D eigenvalue weighted by Gasteiger charge is 2.68. The van der Waals surface area contributed by atoms with Gasteiger partial charge in [0.15, 0.2) is 0 Å².